The van der Waals surface area contributed by atoms with Gasteiger partial charge in [0.1, 0.15) is 0 Å². The summed E-state index contributed by atoms with van der Waals surface area (Å²) in [6.07, 6.45) is 7.40. The number of imide groups is 1. The summed E-state index contributed by atoms with van der Waals surface area (Å²) < 4.78 is 43.5. The molecule has 0 aliphatic carbocycles. The van der Waals surface area contributed by atoms with E-state index < -0.39 is 0 Å². The smallest absolute Gasteiger partial charge is 0.253 e. The van der Waals surface area contributed by atoms with Crippen molar-refractivity contribution < 1.29 is 47.5 Å². The summed E-state index contributed by atoms with van der Waals surface area (Å²) >= 11 is 0. The van der Waals surface area contributed by atoms with Crippen LogP contribution in [-0.2, 0) is 47.5 Å². The molecule has 1 aliphatic heterocycles. The number of carbonyl (C=O) groups is 2. The van der Waals surface area contributed by atoms with E-state index in [-0.39, 0.29) is 25.0 Å². The number of nitrogens with zero attached hydrogens (tertiary/aromatic N) is 1. The molecule has 0 bridgehead atoms. The van der Waals surface area contributed by atoms with Crippen molar-refractivity contribution in [2.24, 2.45) is 0 Å². The molecular formula is C26H47NO10. The van der Waals surface area contributed by atoms with E-state index in [1.807, 2.05) is 0 Å². The van der Waals surface area contributed by atoms with Crippen LogP contribution >= 0.6 is 0 Å². The molecule has 0 saturated carbocycles. The van der Waals surface area contributed by atoms with Crippen molar-refractivity contribution in [3.05, 3.63) is 12.2 Å². The summed E-state index contributed by atoms with van der Waals surface area (Å²) in [5.41, 5.74) is 0. The summed E-state index contributed by atoms with van der Waals surface area (Å²) in [6.45, 7) is 10.7. The number of hydrogen-bond donors (Lipinski definition) is 0. The minimum Gasteiger partial charge on any atom is -0.379 e. The van der Waals surface area contributed by atoms with Gasteiger partial charge in [-0.15, -0.1) is 0 Å². The lowest BCUT2D eigenvalue weighted by atomic mass is 10.2. The molecule has 1 aliphatic rings. The molecule has 0 N–H and O–H groups in total. The van der Waals surface area contributed by atoms with Gasteiger partial charge in [0.15, 0.2) is 0 Å². The van der Waals surface area contributed by atoms with Gasteiger partial charge in [-0.05, 0) is 6.42 Å². The fourth-order valence-corrected chi connectivity index (χ4v) is 3.08. The number of amides is 2. The van der Waals surface area contributed by atoms with E-state index in [0.29, 0.717) is 92.5 Å². The largest absolute Gasteiger partial charge is 0.379 e. The van der Waals surface area contributed by atoms with E-state index in [0.717, 1.165) is 17.9 Å². The highest BCUT2D eigenvalue weighted by molar-refractivity contribution is 6.12. The highest BCUT2D eigenvalue weighted by Crippen LogP contribution is 2.02. The standard InChI is InChI=1S/C26H47NO10/c1-2-3-4-5-9-30-11-13-32-15-17-34-19-21-36-23-24-37-22-20-35-18-16-33-14-12-31-10-8-27-25(28)6-7-26(27)29/h6-7H,2-5,8-24H2,1H3. The number of ether oxygens (including phenoxy) is 8. The Morgan fingerprint density at radius 1 is 0.459 bits per heavy atom. The molecule has 0 atom stereocenters. The Balaban J connectivity index is 1.64. The Hall–Kier alpha value is -1.44. The van der Waals surface area contributed by atoms with Crippen molar-refractivity contribution in [2.75, 3.05) is 112 Å². The lowest BCUT2D eigenvalue weighted by Gasteiger charge is -2.13. The van der Waals surface area contributed by atoms with Crippen molar-refractivity contribution in [2.45, 2.75) is 32.6 Å². The lowest BCUT2D eigenvalue weighted by Crippen LogP contribution is -2.33. The van der Waals surface area contributed by atoms with Crippen LogP contribution in [0.5, 0.6) is 0 Å². The number of unbranched alkanes of at least 4 members (excludes halogenated alkanes) is 3. The van der Waals surface area contributed by atoms with E-state index in [1.165, 1.54) is 31.4 Å². The monoisotopic (exact) mass is 533 g/mol. The van der Waals surface area contributed by atoms with Crippen molar-refractivity contribution in [1.82, 2.24) is 4.90 Å². The van der Waals surface area contributed by atoms with E-state index in [4.69, 9.17) is 37.9 Å². The van der Waals surface area contributed by atoms with Gasteiger partial charge in [-0.3, -0.25) is 14.5 Å². The van der Waals surface area contributed by atoms with Gasteiger partial charge in [0.25, 0.3) is 11.8 Å². The van der Waals surface area contributed by atoms with Gasteiger partial charge in [-0.2, -0.15) is 0 Å². The Morgan fingerprint density at radius 2 is 0.784 bits per heavy atom. The summed E-state index contributed by atoms with van der Waals surface area (Å²) in [7, 11) is 0. The van der Waals surface area contributed by atoms with Crippen molar-refractivity contribution in [3.8, 4) is 0 Å². The molecule has 11 heteroatoms. The molecule has 1 heterocycles. The van der Waals surface area contributed by atoms with Gasteiger partial charge >= 0.3 is 0 Å². The van der Waals surface area contributed by atoms with Crippen molar-refractivity contribution in [1.29, 1.82) is 0 Å². The molecule has 0 aromatic heterocycles. The minimum absolute atomic E-state index is 0.248. The topological polar surface area (TPSA) is 111 Å². The molecule has 0 radical (unpaired) electrons. The molecule has 216 valence electrons. The molecule has 0 aromatic carbocycles. The van der Waals surface area contributed by atoms with Crippen molar-refractivity contribution in [3.63, 3.8) is 0 Å². The third kappa shape index (κ3) is 21.2. The number of carbonyl (C=O) groups excluding carboxylic acids is 2. The molecule has 37 heavy (non-hydrogen) atoms. The SMILES string of the molecule is CCCCCCOCCOCCOCCOCCOCCOCCOCCOCCN1C(=O)C=CC1=O. The average Bonchev–Trinajstić information content (AvgIpc) is 3.22. The molecule has 11 nitrogen and oxygen atoms in total. The van der Waals surface area contributed by atoms with Crippen LogP contribution in [0.2, 0.25) is 0 Å². The highest BCUT2D eigenvalue weighted by Gasteiger charge is 2.22. The number of rotatable bonds is 29. The van der Waals surface area contributed by atoms with Crippen LogP contribution in [0.15, 0.2) is 12.2 Å². The first-order valence-corrected chi connectivity index (χ1v) is 13.4. The highest BCUT2D eigenvalue weighted by atomic mass is 16.6. The van der Waals surface area contributed by atoms with Crippen LogP contribution in [0.25, 0.3) is 0 Å². The van der Waals surface area contributed by atoms with Gasteiger partial charge in [-0.1, -0.05) is 26.2 Å². The molecule has 1 rings (SSSR count). The second-order valence-electron chi connectivity index (χ2n) is 8.12. The first-order valence-electron chi connectivity index (χ1n) is 13.4. The second kappa shape index (κ2) is 26.2. The first kappa shape index (κ1) is 33.6. The van der Waals surface area contributed by atoms with Crippen molar-refractivity contribution >= 4 is 11.8 Å². The third-order valence-electron chi connectivity index (χ3n) is 5.11. The predicted octanol–water partition coefficient (Wildman–Crippen LogP) is 1.62. The molecule has 0 unspecified atom stereocenters. The van der Waals surface area contributed by atoms with Crippen LogP contribution in [0.3, 0.4) is 0 Å². The Morgan fingerprint density at radius 3 is 1.14 bits per heavy atom. The molecule has 0 fully saturated rings. The van der Waals surface area contributed by atoms with Crippen LogP contribution in [-0.4, -0.2) is 129 Å². The second-order valence-corrected chi connectivity index (χ2v) is 8.12. The Kier molecular flexibility index (Phi) is 23.8. The van der Waals surface area contributed by atoms with Gasteiger partial charge in [-0.25, -0.2) is 0 Å². The van der Waals surface area contributed by atoms with Crippen LogP contribution in [0.1, 0.15) is 32.6 Å². The number of hydrogen-bond acceptors (Lipinski definition) is 10. The van der Waals surface area contributed by atoms with Crippen LogP contribution < -0.4 is 0 Å². The zero-order valence-electron chi connectivity index (χ0n) is 22.5. The minimum atomic E-state index is -0.300. The Bertz CT molecular complexity index is 558. The van der Waals surface area contributed by atoms with E-state index in [1.54, 1.807) is 0 Å². The maximum absolute atomic E-state index is 11.4. The van der Waals surface area contributed by atoms with Gasteiger partial charge in [0.05, 0.1) is 106 Å². The average molecular weight is 534 g/mol. The molecule has 0 aromatic rings. The normalized spacial score (nSPS) is 13.4. The summed E-state index contributed by atoms with van der Waals surface area (Å²) in [4.78, 5) is 23.9. The van der Waals surface area contributed by atoms with Gasteiger partial charge in [0.2, 0.25) is 0 Å². The van der Waals surface area contributed by atoms with Gasteiger partial charge < -0.3 is 37.9 Å². The third-order valence-corrected chi connectivity index (χ3v) is 5.11. The lowest BCUT2D eigenvalue weighted by molar-refractivity contribution is -0.137. The van der Waals surface area contributed by atoms with E-state index in [2.05, 4.69) is 6.92 Å². The zero-order valence-corrected chi connectivity index (χ0v) is 22.5. The molecule has 0 spiro atoms. The van der Waals surface area contributed by atoms with Crippen LogP contribution in [0, 0.1) is 0 Å². The molecular weight excluding hydrogens is 486 g/mol. The maximum atomic E-state index is 11.4. The molecule has 2 amide bonds. The fraction of sp³-hybridized carbons (Fsp3) is 0.846. The zero-order chi connectivity index (χ0) is 26.7. The Labute approximate surface area is 221 Å². The van der Waals surface area contributed by atoms with E-state index >= 15 is 0 Å². The predicted molar refractivity (Wildman–Crippen MR) is 137 cm³/mol. The van der Waals surface area contributed by atoms with E-state index in [9.17, 15) is 9.59 Å². The summed E-state index contributed by atoms with van der Waals surface area (Å²) in [6, 6.07) is 0. The van der Waals surface area contributed by atoms with Crippen LogP contribution in [0.4, 0.5) is 0 Å². The molecule has 0 saturated heterocycles. The van der Waals surface area contributed by atoms with Gasteiger partial charge in [0, 0.05) is 18.8 Å². The summed E-state index contributed by atoms with van der Waals surface area (Å²) in [5.74, 6) is -0.600. The first-order chi connectivity index (χ1) is 18.3. The summed E-state index contributed by atoms with van der Waals surface area (Å²) in [5, 5.41) is 0. The quantitative estimate of drug-likeness (QED) is 0.104. The maximum Gasteiger partial charge on any atom is 0.253 e. The fourth-order valence-electron chi connectivity index (χ4n) is 3.08.